The summed E-state index contributed by atoms with van der Waals surface area (Å²) >= 11 is 12.5. The number of aromatic nitrogens is 2. The number of hydrogen-bond donors (Lipinski definition) is 3. The van der Waals surface area contributed by atoms with Gasteiger partial charge < -0.3 is 5.32 Å². The molecule has 2 aliphatic rings. The zero-order valence-electron chi connectivity index (χ0n) is 12.9. The minimum atomic E-state index is -0.675. The molecule has 0 saturated heterocycles. The number of carbonyl (C=O) groups is 1. The molecule has 1 unspecified atom stereocenters. The maximum Gasteiger partial charge on any atom is 0.327 e. The Morgan fingerprint density at radius 3 is 2.64 bits per heavy atom. The first-order valence-corrected chi connectivity index (χ1v) is 8.56. The quantitative estimate of drug-likeness (QED) is 0.711. The number of nitrogens with one attached hydrogen (secondary N) is 3. The molecule has 0 fully saturated rings. The Balaban J connectivity index is 2.07. The van der Waals surface area contributed by atoms with E-state index in [4.69, 9.17) is 23.2 Å². The van der Waals surface area contributed by atoms with Gasteiger partial charge in [0.15, 0.2) is 5.78 Å². The number of allylic oxidation sites excluding steroid dienone is 2. The van der Waals surface area contributed by atoms with Crippen LogP contribution < -0.4 is 16.6 Å². The molecule has 0 saturated carbocycles. The van der Waals surface area contributed by atoms with Gasteiger partial charge in [-0.25, -0.2) is 4.79 Å². The van der Waals surface area contributed by atoms with Crippen molar-refractivity contribution in [1.82, 2.24) is 9.97 Å². The fourth-order valence-electron chi connectivity index (χ4n) is 3.55. The van der Waals surface area contributed by atoms with Crippen LogP contribution in [0.2, 0.25) is 10.0 Å². The standard InChI is InChI=1S/C17H13Cl2N3O3/c18-8-4-1-3-7(14(8)19)11-12-9(5-2-6-10(12)23)20-15-13(11)16(24)22-17(25)21-15/h1,3-4,11H,2,5-6H2,(H3,20,21,22,24,25). The third-order valence-electron chi connectivity index (χ3n) is 4.58. The van der Waals surface area contributed by atoms with Crippen molar-refractivity contribution < 1.29 is 4.79 Å². The number of aromatic amines is 2. The molecule has 1 aromatic carbocycles. The molecule has 3 N–H and O–H groups in total. The summed E-state index contributed by atoms with van der Waals surface area (Å²) in [6.07, 6.45) is 1.78. The van der Waals surface area contributed by atoms with E-state index >= 15 is 0 Å². The molecule has 2 heterocycles. The van der Waals surface area contributed by atoms with Gasteiger partial charge in [-0.3, -0.25) is 19.6 Å². The van der Waals surface area contributed by atoms with Crippen LogP contribution in [0.15, 0.2) is 39.1 Å². The second kappa shape index (κ2) is 5.89. The maximum absolute atomic E-state index is 12.6. The van der Waals surface area contributed by atoms with E-state index in [2.05, 4.69) is 15.3 Å². The minimum Gasteiger partial charge on any atom is -0.344 e. The highest BCUT2D eigenvalue weighted by molar-refractivity contribution is 6.42. The van der Waals surface area contributed by atoms with Crippen molar-refractivity contribution in [3.8, 4) is 0 Å². The van der Waals surface area contributed by atoms with E-state index in [9.17, 15) is 14.4 Å². The first kappa shape index (κ1) is 16.2. The molecule has 0 amide bonds. The predicted octanol–water partition coefficient (Wildman–Crippen LogP) is 2.93. The molecule has 0 spiro atoms. The maximum atomic E-state index is 12.6. The zero-order chi connectivity index (χ0) is 17.7. The highest BCUT2D eigenvalue weighted by atomic mass is 35.5. The Kier molecular flexibility index (Phi) is 3.81. The number of H-pyrrole nitrogens is 2. The van der Waals surface area contributed by atoms with Gasteiger partial charge in [-0.05, 0) is 24.5 Å². The van der Waals surface area contributed by atoms with E-state index < -0.39 is 17.2 Å². The highest BCUT2D eigenvalue weighted by Crippen LogP contribution is 2.45. The van der Waals surface area contributed by atoms with Gasteiger partial charge in [0, 0.05) is 23.6 Å². The number of benzene rings is 1. The molecule has 4 rings (SSSR count). The van der Waals surface area contributed by atoms with Gasteiger partial charge in [0.2, 0.25) is 0 Å². The van der Waals surface area contributed by atoms with Crippen LogP contribution in [0.5, 0.6) is 0 Å². The summed E-state index contributed by atoms with van der Waals surface area (Å²) in [7, 11) is 0. The Morgan fingerprint density at radius 1 is 1.04 bits per heavy atom. The van der Waals surface area contributed by atoms with E-state index in [1.54, 1.807) is 18.2 Å². The fourth-order valence-corrected chi connectivity index (χ4v) is 3.97. The second-order valence-corrected chi connectivity index (χ2v) is 6.85. The molecule has 1 aliphatic heterocycles. The van der Waals surface area contributed by atoms with Gasteiger partial charge in [0.25, 0.3) is 5.56 Å². The number of fused-ring (bicyclic) bond motifs is 1. The summed E-state index contributed by atoms with van der Waals surface area (Å²) in [6.45, 7) is 0. The SMILES string of the molecule is O=C1CCCC2=C1C(c1cccc(Cl)c1Cl)c1c([nH]c(=O)[nH]c1=O)N2. The van der Waals surface area contributed by atoms with E-state index in [1.807, 2.05) is 0 Å². The Hall–Kier alpha value is -2.31. The van der Waals surface area contributed by atoms with E-state index in [1.165, 1.54) is 0 Å². The summed E-state index contributed by atoms with van der Waals surface area (Å²) < 4.78 is 0. The van der Waals surface area contributed by atoms with Crippen LogP contribution >= 0.6 is 23.2 Å². The van der Waals surface area contributed by atoms with Gasteiger partial charge in [0.05, 0.1) is 15.6 Å². The lowest BCUT2D eigenvalue weighted by Gasteiger charge is -2.33. The van der Waals surface area contributed by atoms with E-state index in [0.29, 0.717) is 46.9 Å². The summed E-state index contributed by atoms with van der Waals surface area (Å²) in [5.74, 6) is -0.417. The van der Waals surface area contributed by atoms with Crippen molar-refractivity contribution in [3.63, 3.8) is 0 Å². The first-order valence-electron chi connectivity index (χ1n) is 7.81. The summed E-state index contributed by atoms with van der Waals surface area (Å²) in [5, 5.41) is 3.68. The van der Waals surface area contributed by atoms with Crippen LogP contribution in [-0.4, -0.2) is 15.8 Å². The van der Waals surface area contributed by atoms with E-state index in [0.717, 1.165) is 0 Å². The molecular weight excluding hydrogens is 365 g/mol. The Labute approximate surface area is 151 Å². The molecule has 1 aromatic heterocycles. The first-order chi connectivity index (χ1) is 12.0. The van der Waals surface area contributed by atoms with Crippen molar-refractivity contribution in [2.75, 3.05) is 5.32 Å². The van der Waals surface area contributed by atoms with Crippen molar-refractivity contribution in [2.45, 2.75) is 25.2 Å². The highest BCUT2D eigenvalue weighted by Gasteiger charge is 2.38. The zero-order valence-corrected chi connectivity index (χ0v) is 14.4. The lowest BCUT2D eigenvalue weighted by atomic mass is 9.76. The van der Waals surface area contributed by atoms with E-state index in [-0.39, 0.29) is 16.4 Å². The average Bonchev–Trinajstić information content (AvgIpc) is 2.55. The van der Waals surface area contributed by atoms with Crippen molar-refractivity contribution in [3.05, 3.63) is 71.5 Å². The van der Waals surface area contributed by atoms with Crippen LogP contribution in [0.3, 0.4) is 0 Å². The van der Waals surface area contributed by atoms with Crippen LogP contribution in [-0.2, 0) is 4.79 Å². The number of hydrogen-bond acceptors (Lipinski definition) is 4. The molecule has 1 aliphatic carbocycles. The van der Waals surface area contributed by atoms with Gasteiger partial charge in [-0.2, -0.15) is 0 Å². The number of ketones is 1. The lowest BCUT2D eigenvalue weighted by Crippen LogP contribution is -2.36. The summed E-state index contributed by atoms with van der Waals surface area (Å²) in [5.41, 5.74) is 0.886. The van der Waals surface area contributed by atoms with Crippen LogP contribution in [0.1, 0.15) is 36.3 Å². The molecule has 0 bridgehead atoms. The monoisotopic (exact) mass is 377 g/mol. The minimum absolute atomic E-state index is 0.0361. The van der Waals surface area contributed by atoms with Crippen molar-refractivity contribution >= 4 is 34.8 Å². The number of anilines is 1. The van der Waals surface area contributed by atoms with Crippen LogP contribution in [0.25, 0.3) is 0 Å². The Bertz CT molecular complexity index is 1050. The number of Topliss-reactive ketones (excluding diaryl/α,β-unsaturated/α-hetero) is 1. The molecule has 8 heteroatoms. The lowest BCUT2D eigenvalue weighted by molar-refractivity contribution is -0.116. The average molecular weight is 378 g/mol. The van der Waals surface area contributed by atoms with Crippen molar-refractivity contribution in [1.29, 1.82) is 0 Å². The Morgan fingerprint density at radius 2 is 1.84 bits per heavy atom. The molecule has 1 atom stereocenters. The molecular formula is C17H13Cl2N3O3. The smallest absolute Gasteiger partial charge is 0.327 e. The van der Waals surface area contributed by atoms with Gasteiger partial charge in [0.1, 0.15) is 5.82 Å². The normalized spacial score (nSPS) is 19.3. The topological polar surface area (TPSA) is 94.8 Å². The number of halogens is 2. The van der Waals surface area contributed by atoms with Gasteiger partial charge >= 0.3 is 5.69 Å². The molecule has 2 aromatic rings. The molecule has 6 nitrogen and oxygen atoms in total. The molecule has 25 heavy (non-hydrogen) atoms. The number of rotatable bonds is 1. The largest absolute Gasteiger partial charge is 0.344 e. The van der Waals surface area contributed by atoms with Crippen LogP contribution in [0, 0.1) is 0 Å². The molecule has 0 radical (unpaired) electrons. The van der Waals surface area contributed by atoms with Crippen molar-refractivity contribution in [2.24, 2.45) is 0 Å². The third-order valence-corrected chi connectivity index (χ3v) is 5.41. The molecule has 128 valence electrons. The summed E-state index contributed by atoms with van der Waals surface area (Å²) in [4.78, 5) is 41.7. The predicted molar refractivity (Wildman–Crippen MR) is 95.5 cm³/mol. The van der Waals surface area contributed by atoms with Gasteiger partial charge in [-0.15, -0.1) is 0 Å². The number of carbonyl (C=O) groups excluding carboxylic acids is 1. The fraction of sp³-hybridized carbons (Fsp3) is 0.235. The van der Waals surface area contributed by atoms with Gasteiger partial charge in [-0.1, -0.05) is 35.3 Å². The second-order valence-electron chi connectivity index (χ2n) is 6.07. The third kappa shape index (κ3) is 2.53. The summed E-state index contributed by atoms with van der Waals surface area (Å²) in [6, 6.07) is 5.11. The van der Waals surface area contributed by atoms with Crippen LogP contribution in [0.4, 0.5) is 5.82 Å².